The van der Waals surface area contributed by atoms with E-state index in [1.807, 2.05) is 0 Å². The van der Waals surface area contributed by atoms with Crippen LogP contribution < -0.4 is 5.32 Å². The molecule has 0 spiro atoms. The topological polar surface area (TPSA) is 46.2 Å². The normalized spacial score (nSPS) is 26.9. The summed E-state index contributed by atoms with van der Waals surface area (Å²) in [7, 11) is -2.79. The van der Waals surface area contributed by atoms with Crippen LogP contribution in [0.3, 0.4) is 0 Å². The predicted molar refractivity (Wildman–Crippen MR) is 73.0 cm³/mol. The molecule has 3 atom stereocenters. The molecule has 0 aromatic rings. The fourth-order valence-electron chi connectivity index (χ4n) is 2.43. The van der Waals surface area contributed by atoms with Crippen molar-refractivity contribution in [3.63, 3.8) is 0 Å². The smallest absolute Gasteiger partial charge is 0.154 e. The second-order valence-electron chi connectivity index (χ2n) is 5.39. The monoisotopic (exact) mass is 261 g/mol. The lowest BCUT2D eigenvalue weighted by Crippen LogP contribution is -2.38. The highest BCUT2D eigenvalue weighted by molar-refractivity contribution is 7.92. The predicted octanol–water partition coefficient (Wildman–Crippen LogP) is 2.37. The first-order valence-electron chi connectivity index (χ1n) is 6.94. The summed E-state index contributed by atoms with van der Waals surface area (Å²) in [5, 5.41) is 3.32. The highest BCUT2D eigenvalue weighted by atomic mass is 32.2. The largest absolute Gasteiger partial charge is 0.313 e. The van der Waals surface area contributed by atoms with Gasteiger partial charge >= 0.3 is 0 Å². The van der Waals surface area contributed by atoms with E-state index in [0.29, 0.717) is 24.3 Å². The molecule has 1 fully saturated rings. The third-order valence-corrected chi connectivity index (χ3v) is 6.25. The van der Waals surface area contributed by atoms with Crippen molar-refractivity contribution in [3.8, 4) is 0 Å². The molecule has 0 saturated carbocycles. The lowest BCUT2D eigenvalue weighted by molar-refractivity contribution is 0.383. The Morgan fingerprint density at radius 3 is 2.47 bits per heavy atom. The van der Waals surface area contributed by atoms with Crippen LogP contribution >= 0.6 is 0 Å². The van der Waals surface area contributed by atoms with E-state index in [9.17, 15) is 8.42 Å². The summed E-state index contributed by atoms with van der Waals surface area (Å²) >= 11 is 0. The molecule has 1 rings (SSSR count). The van der Waals surface area contributed by atoms with E-state index >= 15 is 0 Å². The van der Waals surface area contributed by atoms with Crippen LogP contribution in [0.5, 0.6) is 0 Å². The molecule has 3 nitrogen and oxygen atoms in total. The van der Waals surface area contributed by atoms with Gasteiger partial charge in [-0.15, -0.1) is 0 Å². The molecule has 1 aliphatic rings. The third kappa shape index (κ3) is 4.59. The van der Waals surface area contributed by atoms with Crippen molar-refractivity contribution >= 4 is 9.84 Å². The molecule has 3 unspecified atom stereocenters. The van der Waals surface area contributed by atoms with Gasteiger partial charge < -0.3 is 5.32 Å². The third-order valence-electron chi connectivity index (χ3n) is 3.97. The molecule has 1 aliphatic heterocycles. The van der Waals surface area contributed by atoms with Gasteiger partial charge in [0.2, 0.25) is 0 Å². The summed E-state index contributed by atoms with van der Waals surface area (Å²) in [6.45, 7) is 7.29. The molecular formula is C13H27NO2S. The van der Waals surface area contributed by atoms with E-state index in [2.05, 4.69) is 26.1 Å². The molecule has 1 saturated heterocycles. The van der Waals surface area contributed by atoms with Crippen LogP contribution in [0.4, 0.5) is 0 Å². The minimum Gasteiger partial charge on any atom is -0.313 e. The van der Waals surface area contributed by atoms with Gasteiger partial charge in [0.15, 0.2) is 9.84 Å². The van der Waals surface area contributed by atoms with Crippen molar-refractivity contribution in [2.75, 3.05) is 12.3 Å². The summed E-state index contributed by atoms with van der Waals surface area (Å²) in [4.78, 5) is 0. The zero-order chi connectivity index (χ0) is 12.9. The maximum Gasteiger partial charge on any atom is 0.154 e. The van der Waals surface area contributed by atoms with E-state index in [4.69, 9.17) is 0 Å². The van der Waals surface area contributed by atoms with Crippen LogP contribution in [0.1, 0.15) is 52.9 Å². The zero-order valence-electron chi connectivity index (χ0n) is 11.4. The molecule has 0 aromatic carbocycles. The van der Waals surface area contributed by atoms with Crippen molar-refractivity contribution in [1.29, 1.82) is 0 Å². The maximum absolute atomic E-state index is 11.7. The minimum atomic E-state index is -2.79. The number of hydrogen-bond acceptors (Lipinski definition) is 3. The fraction of sp³-hybridized carbons (Fsp3) is 1.00. The van der Waals surface area contributed by atoms with Crippen molar-refractivity contribution in [2.45, 2.75) is 64.2 Å². The molecule has 102 valence electrons. The van der Waals surface area contributed by atoms with Crippen LogP contribution in [0.25, 0.3) is 0 Å². The van der Waals surface area contributed by atoms with Crippen molar-refractivity contribution < 1.29 is 8.42 Å². The zero-order valence-corrected chi connectivity index (χ0v) is 12.2. The van der Waals surface area contributed by atoms with Gasteiger partial charge in [0.25, 0.3) is 0 Å². The molecule has 1 heterocycles. The second-order valence-corrected chi connectivity index (χ2v) is 7.79. The van der Waals surface area contributed by atoms with Crippen LogP contribution in [-0.4, -0.2) is 32.0 Å². The van der Waals surface area contributed by atoms with Crippen LogP contribution in [0.2, 0.25) is 0 Å². The number of sulfone groups is 1. The molecule has 1 N–H and O–H groups in total. The average molecular weight is 261 g/mol. The van der Waals surface area contributed by atoms with Gasteiger partial charge in [-0.2, -0.15) is 0 Å². The lowest BCUT2D eigenvalue weighted by Gasteiger charge is -2.22. The first-order valence-corrected chi connectivity index (χ1v) is 8.66. The van der Waals surface area contributed by atoms with Crippen molar-refractivity contribution in [1.82, 2.24) is 5.32 Å². The Bertz CT molecular complexity index is 313. The maximum atomic E-state index is 11.7. The summed E-state index contributed by atoms with van der Waals surface area (Å²) in [5.74, 6) is 1.11. The number of rotatable bonds is 7. The standard InChI is InChI=1S/C13H27NO2S/c1-4-11(3)9-12(5-2)14-10-13-7-6-8-17(13,15)16/h11-14H,4-10H2,1-3H3. The van der Waals surface area contributed by atoms with Gasteiger partial charge in [0.1, 0.15) is 0 Å². The Labute approximate surface area is 106 Å². The molecule has 0 aromatic heterocycles. The highest BCUT2D eigenvalue weighted by Crippen LogP contribution is 2.20. The van der Waals surface area contributed by atoms with Crippen LogP contribution in [0.15, 0.2) is 0 Å². The fourth-order valence-corrected chi connectivity index (χ4v) is 4.21. The Kier molecular flexibility index (Phi) is 5.93. The Morgan fingerprint density at radius 1 is 1.29 bits per heavy atom. The van der Waals surface area contributed by atoms with Gasteiger partial charge in [-0.05, 0) is 31.6 Å². The van der Waals surface area contributed by atoms with Gasteiger partial charge in [-0.1, -0.05) is 27.2 Å². The van der Waals surface area contributed by atoms with E-state index in [1.165, 1.54) is 6.42 Å². The Balaban J connectivity index is 2.37. The summed E-state index contributed by atoms with van der Waals surface area (Å²) in [6.07, 6.45) is 5.11. The van der Waals surface area contributed by atoms with Crippen LogP contribution in [-0.2, 0) is 9.84 Å². The molecule has 0 amide bonds. The first kappa shape index (κ1) is 15.0. The SMILES string of the molecule is CCC(C)CC(CC)NCC1CCCS1(=O)=O. The van der Waals surface area contributed by atoms with E-state index in [-0.39, 0.29) is 5.25 Å². The molecule has 0 bridgehead atoms. The first-order chi connectivity index (χ1) is 7.99. The minimum absolute atomic E-state index is 0.131. The number of hydrogen-bond donors (Lipinski definition) is 1. The molecule has 0 aliphatic carbocycles. The van der Waals surface area contributed by atoms with Gasteiger partial charge in [-0.25, -0.2) is 8.42 Å². The lowest BCUT2D eigenvalue weighted by atomic mass is 9.98. The molecular weight excluding hydrogens is 234 g/mol. The van der Waals surface area contributed by atoms with Gasteiger partial charge in [-0.3, -0.25) is 0 Å². The quantitative estimate of drug-likeness (QED) is 0.765. The van der Waals surface area contributed by atoms with E-state index in [1.54, 1.807) is 0 Å². The summed E-state index contributed by atoms with van der Waals surface area (Å²) in [5.41, 5.74) is 0. The van der Waals surface area contributed by atoms with Crippen molar-refractivity contribution in [3.05, 3.63) is 0 Å². The summed E-state index contributed by atoms with van der Waals surface area (Å²) in [6, 6.07) is 0.473. The second kappa shape index (κ2) is 6.74. The summed E-state index contributed by atoms with van der Waals surface area (Å²) < 4.78 is 23.4. The van der Waals surface area contributed by atoms with Gasteiger partial charge in [0, 0.05) is 12.6 Å². The average Bonchev–Trinajstić information content (AvgIpc) is 2.63. The molecule has 4 heteroatoms. The highest BCUT2D eigenvalue weighted by Gasteiger charge is 2.31. The van der Waals surface area contributed by atoms with Crippen molar-refractivity contribution in [2.24, 2.45) is 5.92 Å². The Hall–Kier alpha value is -0.0900. The molecule has 17 heavy (non-hydrogen) atoms. The molecule has 0 radical (unpaired) electrons. The Morgan fingerprint density at radius 2 is 2.00 bits per heavy atom. The van der Waals surface area contributed by atoms with Crippen LogP contribution in [0, 0.1) is 5.92 Å². The number of nitrogens with one attached hydrogen (secondary N) is 1. The van der Waals surface area contributed by atoms with Gasteiger partial charge in [0.05, 0.1) is 11.0 Å². The van der Waals surface area contributed by atoms with E-state index in [0.717, 1.165) is 25.7 Å². The van der Waals surface area contributed by atoms with E-state index < -0.39 is 9.84 Å².